The van der Waals surface area contributed by atoms with E-state index >= 15 is 0 Å². The van der Waals surface area contributed by atoms with Gasteiger partial charge < -0.3 is 20.0 Å². The summed E-state index contributed by atoms with van der Waals surface area (Å²) in [6.45, 7) is 4.08. The Bertz CT molecular complexity index is 760. The first kappa shape index (κ1) is 18.8. The Balaban J connectivity index is 2.08. The lowest BCUT2D eigenvalue weighted by Gasteiger charge is -2.14. The van der Waals surface area contributed by atoms with E-state index < -0.39 is 0 Å². The molecular weight excluding hydrogens is 388 g/mol. The van der Waals surface area contributed by atoms with Crippen LogP contribution >= 0.6 is 15.9 Å². The van der Waals surface area contributed by atoms with Crippen molar-refractivity contribution in [2.75, 3.05) is 18.5 Å². The molecule has 0 spiro atoms. The van der Waals surface area contributed by atoms with Crippen LogP contribution in [0.3, 0.4) is 0 Å². The van der Waals surface area contributed by atoms with E-state index in [9.17, 15) is 4.79 Å². The fraction of sp³-hybridized carbons (Fsp3) is 0.222. The average Bonchev–Trinajstić information content (AvgIpc) is 2.57. The minimum absolute atomic E-state index is 0.167. The molecule has 0 atom stereocenters. The molecular formula is C18H19BrN2O4. The maximum Gasteiger partial charge on any atom is 0.262 e. The molecule has 0 aliphatic heterocycles. The fourth-order valence-electron chi connectivity index (χ4n) is 2.10. The van der Waals surface area contributed by atoms with Gasteiger partial charge in [0.15, 0.2) is 18.1 Å². The summed E-state index contributed by atoms with van der Waals surface area (Å²) in [6.07, 6.45) is 1.28. The summed E-state index contributed by atoms with van der Waals surface area (Å²) in [5.41, 5.74) is 2.46. The molecule has 0 heterocycles. The van der Waals surface area contributed by atoms with E-state index in [0.29, 0.717) is 33.8 Å². The molecule has 1 amide bonds. The van der Waals surface area contributed by atoms with Crippen molar-refractivity contribution in [2.45, 2.75) is 13.8 Å². The molecule has 6 nitrogen and oxygen atoms in total. The number of hydrogen-bond donors (Lipinski definition) is 2. The zero-order valence-electron chi connectivity index (χ0n) is 14.0. The van der Waals surface area contributed by atoms with E-state index in [-0.39, 0.29) is 12.5 Å². The number of rotatable bonds is 7. The number of hydrogen-bond acceptors (Lipinski definition) is 5. The zero-order valence-corrected chi connectivity index (χ0v) is 15.5. The number of carbonyl (C=O) groups excluding carboxylic acids is 1. The number of carbonyl (C=O) groups is 1. The third kappa shape index (κ3) is 5.49. The summed E-state index contributed by atoms with van der Waals surface area (Å²) >= 11 is 3.38. The van der Waals surface area contributed by atoms with Gasteiger partial charge >= 0.3 is 0 Å². The minimum Gasteiger partial charge on any atom is -0.490 e. The van der Waals surface area contributed by atoms with Gasteiger partial charge in [-0.05, 0) is 54.0 Å². The monoisotopic (exact) mass is 406 g/mol. The van der Waals surface area contributed by atoms with Crippen LogP contribution in [0.4, 0.5) is 5.69 Å². The van der Waals surface area contributed by atoms with Crippen molar-refractivity contribution in [2.24, 2.45) is 5.16 Å². The fourth-order valence-corrected chi connectivity index (χ4v) is 2.68. The van der Waals surface area contributed by atoms with E-state index in [0.717, 1.165) is 5.56 Å². The number of oxime groups is 1. The van der Waals surface area contributed by atoms with Crippen LogP contribution in [0.25, 0.3) is 0 Å². The van der Waals surface area contributed by atoms with Gasteiger partial charge in [0.1, 0.15) is 0 Å². The summed E-state index contributed by atoms with van der Waals surface area (Å²) in [6, 6.07) is 10.9. The highest BCUT2D eigenvalue weighted by Gasteiger charge is 2.14. The van der Waals surface area contributed by atoms with Gasteiger partial charge in [-0.25, -0.2) is 0 Å². The number of nitrogens with zero attached hydrogens (tertiary/aromatic N) is 1. The summed E-state index contributed by atoms with van der Waals surface area (Å²) in [4.78, 5) is 12.1. The molecule has 2 rings (SSSR count). The molecule has 0 fully saturated rings. The van der Waals surface area contributed by atoms with Crippen molar-refractivity contribution < 1.29 is 19.5 Å². The van der Waals surface area contributed by atoms with E-state index in [2.05, 4.69) is 26.4 Å². The van der Waals surface area contributed by atoms with E-state index in [1.54, 1.807) is 12.1 Å². The normalized spacial score (nSPS) is 10.7. The molecule has 0 bridgehead atoms. The quantitative estimate of drug-likeness (QED) is 0.413. The molecule has 0 aromatic heterocycles. The third-order valence-electron chi connectivity index (χ3n) is 3.22. The van der Waals surface area contributed by atoms with Crippen molar-refractivity contribution in [1.82, 2.24) is 0 Å². The molecule has 0 saturated heterocycles. The van der Waals surface area contributed by atoms with Crippen LogP contribution in [0.2, 0.25) is 0 Å². The van der Waals surface area contributed by atoms with Crippen LogP contribution in [0.5, 0.6) is 11.5 Å². The smallest absolute Gasteiger partial charge is 0.262 e. The van der Waals surface area contributed by atoms with Gasteiger partial charge in [0.25, 0.3) is 5.91 Å². The molecule has 0 saturated carbocycles. The second kappa shape index (κ2) is 9.08. The lowest BCUT2D eigenvalue weighted by atomic mass is 10.2. The van der Waals surface area contributed by atoms with Gasteiger partial charge in [0, 0.05) is 11.3 Å². The molecule has 25 heavy (non-hydrogen) atoms. The molecule has 2 N–H and O–H groups in total. The number of anilines is 1. The molecule has 0 aliphatic carbocycles. The Morgan fingerprint density at radius 1 is 1.28 bits per heavy atom. The van der Waals surface area contributed by atoms with Crippen LogP contribution in [0.1, 0.15) is 18.1 Å². The third-order valence-corrected chi connectivity index (χ3v) is 3.81. The lowest BCUT2D eigenvalue weighted by molar-refractivity contribution is -0.118. The van der Waals surface area contributed by atoms with E-state index in [4.69, 9.17) is 14.7 Å². The number of halogens is 1. The molecule has 0 radical (unpaired) electrons. The van der Waals surface area contributed by atoms with Gasteiger partial charge in [0.2, 0.25) is 0 Å². The zero-order chi connectivity index (χ0) is 18.2. The maximum absolute atomic E-state index is 12.1. The Labute approximate surface area is 154 Å². The average molecular weight is 407 g/mol. The maximum atomic E-state index is 12.1. The van der Waals surface area contributed by atoms with Crippen molar-refractivity contribution in [3.63, 3.8) is 0 Å². The Morgan fingerprint density at radius 3 is 2.64 bits per heavy atom. The predicted octanol–water partition coefficient (Wildman–Crippen LogP) is 3.98. The second-order valence-corrected chi connectivity index (χ2v) is 6.06. The van der Waals surface area contributed by atoms with E-state index in [1.165, 1.54) is 6.21 Å². The number of benzene rings is 2. The Hall–Kier alpha value is -2.54. The highest BCUT2D eigenvalue weighted by atomic mass is 79.9. The van der Waals surface area contributed by atoms with Crippen LogP contribution in [0.15, 0.2) is 46.0 Å². The second-order valence-electron chi connectivity index (χ2n) is 5.21. The Morgan fingerprint density at radius 2 is 2.00 bits per heavy atom. The molecule has 2 aromatic rings. The highest BCUT2D eigenvalue weighted by molar-refractivity contribution is 9.10. The first-order valence-electron chi connectivity index (χ1n) is 7.66. The minimum atomic E-state index is -0.279. The van der Waals surface area contributed by atoms with Gasteiger partial charge in [0.05, 0.1) is 17.3 Å². The van der Waals surface area contributed by atoms with Crippen molar-refractivity contribution in [3.8, 4) is 11.5 Å². The first-order chi connectivity index (χ1) is 12.0. The number of amides is 1. The van der Waals surface area contributed by atoms with Gasteiger partial charge in [-0.2, -0.15) is 0 Å². The van der Waals surface area contributed by atoms with Crippen LogP contribution in [-0.2, 0) is 4.79 Å². The van der Waals surface area contributed by atoms with Gasteiger partial charge in [-0.15, -0.1) is 0 Å². The topological polar surface area (TPSA) is 80.2 Å². The van der Waals surface area contributed by atoms with Crippen molar-refractivity contribution in [1.29, 1.82) is 0 Å². The molecule has 7 heteroatoms. The number of nitrogens with one attached hydrogen (secondary N) is 1. The first-order valence-corrected chi connectivity index (χ1v) is 8.46. The summed E-state index contributed by atoms with van der Waals surface area (Å²) in [5.74, 6) is 0.588. The van der Waals surface area contributed by atoms with Crippen LogP contribution < -0.4 is 14.8 Å². The SMILES string of the molecule is CCOc1cc(/C=N\O)cc(Br)c1OCC(=O)Nc1ccc(C)cc1. The molecule has 2 aromatic carbocycles. The number of ether oxygens (including phenoxy) is 2. The lowest BCUT2D eigenvalue weighted by Crippen LogP contribution is -2.20. The van der Waals surface area contributed by atoms with Crippen LogP contribution in [-0.4, -0.2) is 30.5 Å². The summed E-state index contributed by atoms with van der Waals surface area (Å²) < 4.78 is 11.8. The molecule has 132 valence electrons. The van der Waals surface area contributed by atoms with Gasteiger partial charge in [-0.3, -0.25) is 4.79 Å². The molecule has 0 unspecified atom stereocenters. The van der Waals surface area contributed by atoms with Crippen molar-refractivity contribution >= 4 is 33.7 Å². The standard InChI is InChI=1S/C18H19BrN2O4/c1-3-24-16-9-13(10-20-23)8-15(19)18(16)25-11-17(22)21-14-6-4-12(2)5-7-14/h4-10,23H,3,11H2,1-2H3,(H,21,22)/b20-10-. The predicted molar refractivity (Wildman–Crippen MR) is 100.0 cm³/mol. The van der Waals surface area contributed by atoms with E-state index in [1.807, 2.05) is 38.1 Å². The van der Waals surface area contributed by atoms with Crippen LogP contribution in [0, 0.1) is 6.92 Å². The van der Waals surface area contributed by atoms with Gasteiger partial charge in [-0.1, -0.05) is 22.9 Å². The molecule has 0 aliphatic rings. The number of aryl methyl sites for hydroxylation is 1. The summed E-state index contributed by atoms with van der Waals surface area (Å²) in [5, 5.41) is 14.4. The summed E-state index contributed by atoms with van der Waals surface area (Å²) in [7, 11) is 0. The van der Waals surface area contributed by atoms with Crippen molar-refractivity contribution in [3.05, 3.63) is 52.0 Å². The largest absolute Gasteiger partial charge is 0.490 e. The Kier molecular flexibility index (Phi) is 6.82. The highest BCUT2D eigenvalue weighted by Crippen LogP contribution is 2.36.